The van der Waals surface area contributed by atoms with Crippen LogP contribution < -0.4 is 5.69 Å². The van der Waals surface area contributed by atoms with Crippen molar-refractivity contribution in [3.63, 3.8) is 0 Å². The maximum Gasteiger partial charge on any atom is 0.323 e. The average molecular weight is 206 g/mol. The van der Waals surface area contributed by atoms with Gasteiger partial charge in [0, 0.05) is 11.3 Å². The minimum atomic E-state index is -0.331. The standard InChI is InChI=1S/C11H11FN2O/c1-2-9-10(14-11(15)13-9)7-5-3-4-6-8(7)12/h3-6H,2H2,1H3,(H2,13,14,15). The summed E-state index contributed by atoms with van der Waals surface area (Å²) in [6.07, 6.45) is 0.655. The van der Waals surface area contributed by atoms with Crippen LogP contribution >= 0.6 is 0 Å². The molecule has 0 aliphatic heterocycles. The highest BCUT2D eigenvalue weighted by atomic mass is 19.1. The van der Waals surface area contributed by atoms with Crippen molar-refractivity contribution in [2.45, 2.75) is 13.3 Å². The number of halogens is 1. The second-order valence-electron chi connectivity index (χ2n) is 3.27. The molecule has 1 aromatic heterocycles. The molecule has 2 N–H and O–H groups in total. The molecule has 0 bridgehead atoms. The largest absolute Gasteiger partial charge is 0.323 e. The third-order valence-electron chi connectivity index (χ3n) is 2.30. The molecule has 0 unspecified atom stereocenters. The Kier molecular flexibility index (Phi) is 2.41. The van der Waals surface area contributed by atoms with Gasteiger partial charge in [0.2, 0.25) is 0 Å². The van der Waals surface area contributed by atoms with Gasteiger partial charge in [-0.2, -0.15) is 0 Å². The summed E-state index contributed by atoms with van der Waals surface area (Å²) in [4.78, 5) is 16.4. The van der Waals surface area contributed by atoms with Gasteiger partial charge in [0.05, 0.1) is 5.69 Å². The van der Waals surface area contributed by atoms with E-state index < -0.39 is 0 Å². The number of aryl methyl sites for hydroxylation is 1. The molecule has 3 nitrogen and oxygen atoms in total. The monoisotopic (exact) mass is 206 g/mol. The first kappa shape index (κ1) is 9.71. The van der Waals surface area contributed by atoms with Crippen LogP contribution in [0.1, 0.15) is 12.6 Å². The molecule has 0 saturated heterocycles. The van der Waals surface area contributed by atoms with Gasteiger partial charge in [-0.15, -0.1) is 0 Å². The lowest BCUT2D eigenvalue weighted by Gasteiger charge is -2.01. The average Bonchev–Trinajstić information content (AvgIpc) is 2.60. The van der Waals surface area contributed by atoms with Gasteiger partial charge < -0.3 is 9.97 Å². The second-order valence-corrected chi connectivity index (χ2v) is 3.27. The Balaban J connectivity index is 2.63. The third kappa shape index (κ3) is 1.70. The lowest BCUT2D eigenvalue weighted by atomic mass is 10.1. The van der Waals surface area contributed by atoms with Gasteiger partial charge in [-0.25, -0.2) is 9.18 Å². The van der Waals surface area contributed by atoms with E-state index in [2.05, 4.69) is 9.97 Å². The first-order chi connectivity index (χ1) is 7.22. The molecule has 0 aliphatic carbocycles. The molecule has 0 saturated carbocycles. The second kappa shape index (κ2) is 3.73. The van der Waals surface area contributed by atoms with Gasteiger partial charge in [0.15, 0.2) is 0 Å². The summed E-state index contributed by atoms with van der Waals surface area (Å²) in [7, 11) is 0. The van der Waals surface area contributed by atoms with Crippen molar-refractivity contribution in [3.8, 4) is 11.3 Å². The highest BCUT2D eigenvalue weighted by molar-refractivity contribution is 5.62. The molecule has 2 rings (SSSR count). The molecule has 0 atom stereocenters. The van der Waals surface area contributed by atoms with Gasteiger partial charge in [-0.05, 0) is 18.6 Å². The molecular weight excluding hydrogens is 195 g/mol. The number of H-pyrrole nitrogens is 2. The van der Waals surface area contributed by atoms with E-state index in [1.54, 1.807) is 18.2 Å². The number of hydrogen-bond donors (Lipinski definition) is 2. The lowest BCUT2D eigenvalue weighted by molar-refractivity contribution is 0.630. The summed E-state index contributed by atoms with van der Waals surface area (Å²) in [6.45, 7) is 1.91. The van der Waals surface area contributed by atoms with Crippen molar-refractivity contribution < 1.29 is 4.39 Å². The van der Waals surface area contributed by atoms with E-state index in [0.29, 0.717) is 17.7 Å². The molecule has 0 aliphatic rings. The fraction of sp³-hybridized carbons (Fsp3) is 0.182. The normalized spacial score (nSPS) is 10.5. The molecule has 1 heterocycles. The molecule has 2 aromatic rings. The van der Waals surface area contributed by atoms with Crippen LogP contribution in [0, 0.1) is 5.82 Å². The Labute approximate surface area is 86.0 Å². The summed E-state index contributed by atoms with van der Waals surface area (Å²) < 4.78 is 13.5. The number of aromatic nitrogens is 2. The Morgan fingerprint density at radius 3 is 2.67 bits per heavy atom. The van der Waals surface area contributed by atoms with E-state index in [0.717, 1.165) is 5.69 Å². The SMILES string of the molecule is CCc1[nH]c(=O)[nH]c1-c1ccccc1F. The van der Waals surface area contributed by atoms with Crippen molar-refractivity contribution in [1.29, 1.82) is 0 Å². The van der Waals surface area contributed by atoms with Gasteiger partial charge in [0.1, 0.15) is 5.82 Å². The summed E-state index contributed by atoms with van der Waals surface area (Å²) in [5.74, 6) is -0.331. The quantitative estimate of drug-likeness (QED) is 0.776. The van der Waals surface area contributed by atoms with E-state index in [4.69, 9.17) is 0 Å². The van der Waals surface area contributed by atoms with Crippen molar-refractivity contribution >= 4 is 0 Å². The topological polar surface area (TPSA) is 48.6 Å². The maximum absolute atomic E-state index is 13.5. The first-order valence-electron chi connectivity index (χ1n) is 4.78. The minimum Gasteiger partial charge on any atom is -0.309 e. The molecule has 78 valence electrons. The highest BCUT2D eigenvalue weighted by Crippen LogP contribution is 2.22. The molecule has 15 heavy (non-hydrogen) atoms. The van der Waals surface area contributed by atoms with Gasteiger partial charge in [0.25, 0.3) is 0 Å². The number of rotatable bonds is 2. The highest BCUT2D eigenvalue weighted by Gasteiger charge is 2.11. The summed E-state index contributed by atoms with van der Waals surface area (Å²) in [6, 6.07) is 6.38. The number of hydrogen-bond acceptors (Lipinski definition) is 1. The molecule has 0 amide bonds. The van der Waals surface area contributed by atoms with Crippen LogP contribution in [0.3, 0.4) is 0 Å². The fourth-order valence-electron chi connectivity index (χ4n) is 1.58. The van der Waals surface area contributed by atoms with Crippen LogP contribution in [0.25, 0.3) is 11.3 Å². The number of aromatic amines is 2. The van der Waals surface area contributed by atoms with Crippen LogP contribution in [0.2, 0.25) is 0 Å². The van der Waals surface area contributed by atoms with Gasteiger partial charge in [-0.3, -0.25) is 0 Å². The van der Waals surface area contributed by atoms with Crippen molar-refractivity contribution in [1.82, 2.24) is 9.97 Å². The first-order valence-corrected chi connectivity index (χ1v) is 4.78. The molecule has 0 spiro atoms. The van der Waals surface area contributed by atoms with Crippen LogP contribution in [0.4, 0.5) is 4.39 Å². The molecule has 4 heteroatoms. The third-order valence-corrected chi connectivity index (χ3v) is 2.30. The molecular formula is C11H11FN2O. The maximum atomic E-state index is 13.5. The summed E-state index contributed by atoms with van der Waals surface area (Å²) in [5.41, 5.74) is 1.39. The molecule has 0 radical (unpaired) electrons. The van der Waals surface area contributed by atoms with Crippen LogP contribution in [-0.2, 0) is 6.42 Å². The van der Waals surface area contributed by atoms with Crippen LogP contribution in [0.5, 0.6) is 0 Å². The van der Waals surface area contributed by atoms with Crippen molar-refractivity contribution in [2.75, 3.05) is 0 Å². The Hall–Kier alpha value is -1.84. The van der Waals surface area contributed by atoms with E-state index in [9.17, 15) is 9.18 Å². The Morgan fingerprint density at radius 2 is 2.00 bits per heavy atom. The smallest absolute Gasteiger partial charge is 0.309 e. The van der Waals surface area contributed by atoms with E-state index in [-0.39, 0.29) is 11.5 Å². The van der Waals surface area contributed by atoms with Crippen LogP contribution in [0.15, 0.2) is 29.1 Å². The lowest BCUT2D eigenvalue weighted by Crippen LogP contribution is -2.00. The fourth-order valence-corrected chi connectivity index (χ4v) is 1.58. The molecule has 0 fully saturated rings. The Bertz CT molecular complexity index is 527. The van der Waals surface area contributed by atoms with Gasteiger partial charge in [-0.1, -0.05) is 19.1 Å². The predicted octanol–water partition coefficient (Wildman–Crippen LogP) is 2.07. The van der Waals surface area contributed by atoms with E-state index in [1.807, 2.05) is 6.92 Å². The zero-order chi connectivity index (χ0) is 10.8. The van der Waals surface area contributed by atoms with E-state index >= 15 is 0 Å². The zero-order valence-corrected chi connectivity index (χ0v) is 8.30. The predicted molar refractivity (Wildman–Crippen MR) is 56.2 cm³/mol. The number of imidazole rings is 1. The summed E-state index contributed by atoms with van der Waals surface area (Å²) in [5, 5.41) is 0. The summed E-state index contributed by atoms with van der Waals surface area (Å²) >= 11 is 0. The van der Waals surface area contributed by atoms with Gasteiger partial charge >= 0.3 is 5.69 Å². The van der Waals surface area contributed by atoms with Crippen molar-refractivity contribution in [3.05, 3.63) is 46.3 Å². The zero-order valence-electron chi connectivity index (χ0n) is 8.30. The number of benzene rings is 1. The van der Waals surface area contributed by atoms with Crippen molar-refractivity contribution in [2.24, 2.45) is 0 Å². The Morgan fingerprint density at radius 1 is 1.27 bits per heavy atom. The van der Waals surface area contributed by atoms with Crippen LogP contribution in [-0.4, -0.2) is 9.97 Å². The minimum absolute atomic E-state index is 0.301. The van der Waals surface area contributed by atoms with E-state index in [1.165, 1.54) is 6.07 Å². The number of nitrogens with one attached hydrogen (secondary N) is 2. The molecule has 1 aromatic carbocycles.